The molecular formula is C8H14F3NO2S. The van der Waals surface area contributed by atoms with Crippen molar-refractivity contribution in [2.75, 3.05) is 0 Å². The normalized spacial score (nSPS) is 29.1. The summed E-state index contributed by atoms with van der Waals surface area (Å²) in [6.45, 7) is 1.77. The summed E-state index contributed by atoms with van der Waals surface area (Å²) in [5, 5.41) is 0. The van der Waals surface area contributed by atoms with E-state index in [1.54, 1.807) is 11.6 Å². The maximum atomic E-state index is 12.1. The van der Waals surface area contributed by atoms with E-state index in [0.717, 1.165) is 19.3 Å². The topological polar surface area (TPSA) is 46.2 Å². The van der Waals surface area contributed by atoms with Gasteiger partial charge in [0.15, 0.2) is 0 Å². The fourth-order valence-electron chi connectivity index (χ4n) is 1.76. The summed E-state index contributed by atoms with van der Waals surface area (Å²) >= 11 is 0. The molecule has 0 heterocycles. The SMILES string of the molecule is CC1CCCCC1NS(=O)(=O)C(F)(F)F. The quantitative estimate of drug-likeness (QED) is 0.808. The minimum Gasteiger partial charge on any atom is -0.204 e. The van der Waals surface area contributed by atoms with Gasteiger partial charge in [0.05, 0.1) is 0 Å². The van der Waals surface area contributed by atoms with Crippen LogP contribution in [0.25, 0.3) is 0 Å². The van der Waals surface area contributed by atoms with Gasteiger partial charge in [-0.1, -0.05) is 19.8 Å². The standard InChI is InChI=1S/C8H14F3NO2S/c1-6-4-2-3-5-7(6)12-15(13,14)8(9,10)11/h6-7,12H,2-5H2,1H3. The molecule has 0 aromatic rings. The molecule has 0 aliphatic heterocycles. The van der Waals surface area contributed by atoms with Crippen LogP contribution in [-0.2, 0) is 10.0 Å². The van der Waals surface area contributed by atoms with Crippen LogP contribution in [0.4, 0.5) is 13.2 Å². The van der Waals surface area contributed by atoms with Crippen LogP contribution >= 0.6 is 0 Å². The fourth-order valence-corrected chi connectivity index (χ4v) is 2.64. The zero-order valence-corrected chi connectivity index (χ0v) is 9.16. The second-order valence-electron chi connectivity index (χ2n) is 3.94. The zero-order chi connectivity index (χ0) is 11.7. The Morgan fingerprint density at radius 2 is 1.73 bits per heavy atom. The minimum absolute atomic E-state index is 0.0316. The molecule has 1 aliphatic rings. The molecule has 0 bridgehead atoms. The van der Waals surface area contributed by atoms with Gasteiger partial charge < -0.3 is 0 Å². The summed E-state index contributed by atoms with van der Waals surface area (Å²) in [5.41, 5.74) is -5.20. The number of rotatable bonds is 2. The minimum atomic E-state index is -5.20. The number of sulfonamides is 1. The molecule has 0 aromatic carbocycles. The first-order valence-electron chi connectivity index (χ1n) is 4.82. The molecule has 1 rings (SSSR count). The number of hydrogen-bond acceptors (Lipinski definition) is 2. The molecule has 0 saturated heterocycles. The highest BCUT2D eigenvalue weighted by Crippen LogP contribution is 2.28. The average molecular weight is 245 g/mol. The Bertz CT molecular complexity index is 312. The van der Waals surface area contributed by atoms with Gasteiger partial charge in [-0.15, -0.1) is 0 Å². The van der Waals surface area contributed by atoms with Gasteiger partial charge in [0.1, 0.15) is 0 Å². The van der Waals surface area contributed by atoms with Crippen molar-refractivity contribution >= 4 is 10.0 Å². The number of alkyl halides is 3. The van der Waals surface area contributed by atoms with E-state index in [1.807, 2.05) is 0 Å². The molecule has 3 nitrogen and oxygen atoms in total. The van der Waals surface area contributed by atoms with Gasteiger partial charge in [0.25, 0.3) is 0 Å². The molecule has 0 amide bonds. The number of halogens is 3. The highest BCUT2D eigenvalue weighted by Gasteiger charge is 2.47. The predicted octanol–water partition coefficient (Wildman–Crippen LogP) is 2.00. The maximum absolute atomic E-state index is 12.1. The van der Waals surface area contributed by atoms with Crippen molar-refractivity contribution in [3.63, 3.8) is 0 Å². The smallest absolute Gasteiger partial charge is 0.204 e. The van der Waals surface area contributed by atoms with E-state index >= 15 is 0 Å². The van der Waals surface area contributed by atoms with Crippen LogP contribution < -0.4 is 4.72 Å². The summed E-state index contributed by atoms with van der Waals surface area (Å²) in [6, 6.07) is -0.578. The van der Waals surface area contributed by atoms with Gasteiger partial charge in [-0.25, -0.2) is 13.1 Å². The van der Waals surface area contributed by atoms with Crippen molar-refractivity contribution in [2.24, 2.45) is 5.92 Å². The van der Waals surface area contributed by atoms with E-state index in [-0.39, 0.29) is 5.92 Å². The third kappa shape index (κ3) is 3.07. The third-order valence-electron chi connectivity index (χ3n) is 2.72. The largest absolute Gasteiger partial charge is 0.511 e. The average Bonchev–Trinajstić information content (AvgIpc) is 2.06. The van der Waals surface area contributed by atoms with Crippen LogP contribution in [0.15, 0.2) is 0 Å². The van der Waals surface area contributed by atoms with Crippen molar-refractivity contribution in [3.05, 3.63) is 0 Å². The lowest BCUT2D eigenvalue weighted by molar-refractivity contribution is -0.0453. The first kappa shape index (κ1) is 12.8. The molecule has 0 radical (unpaired) electrons. The molecule has 7 heteroatoms. The van der Waals surface area contributed by atoms with Crippen molar-refractivity contribution in [1.82, 2.24) is 4.72 Å². The van der Waals surface area contributed by atoms with Gasteiger partial charge in [0.2, 0.25) is 0 Å². The van der Waals surface area contributed by atoms with Gasteiger partial charge >= 0.3 is 15.5 Å². The molecule has 0 aromatic heterocycles. The molecule has 0 spiro atoms. The first-order chi connectivity index (χ1) is 6.74. The summed E-state index contributed by atoms with van der Waals surface area (Å²) in [5.74, 6) is -0.0316. The van der Waals surface area contributed by atoms with E-state index in [9.17, 15) is 21.6 Å². The van der Waals surface area contributed by atoms with E-state index in [0.29, 0.717) is 6.42 Å². The summed E-state index contributed by atoms with van der Waals surface area (Å²) in [7, 11) is -5.18. The molecule has 1 saturated carbocycles. The highest BCUT2D eigenvalue weighted by molar-refractivity contribution is 7.90. The predicted molar refractivity (Wildman–Crippen MR) is 49.5 cm³/mol. The number of nitrogens with one attached hydrogen (secondary N) is 1. The Balaban J connectivity index is 2.69. The molecule has 1 N–H and O–H groups in total. The van der Waals surface area contributed by atoms with Crippen LogP contribution in [-0.4, -0.2) is 20.0 Å². The van der Waals surface area contributed by atoms with Crippen molar-refractivity contribution < 1.29 is 21.6 Å². The Hall–Kier alpha value is -0.300. The highest BCUT2D eigenvalue weighted by atomic mass is 32.2. The van der Waals surface area contributed by atoms with Crippen LogP contribution in [0.1, 0.15) is 32.6 Å². The molecule has 90 valence electrons. The fraction of sp³-hybridized carbons (Fsp3) is 1.00. The monoisotopic (exact) mass is 245 g/mol. The van der Waals surface area contributed by atoms with Gasteiger partial charge in [0, 0.05) is 6.04 Å². The molecule has 2 unspecified atom stereocenters. The van der Waals surface area contributed by atoms with E-state index in [1.165, 1.54) is 0 Å². The summed E-state index contributed by atoms with van der Waals surface area (Å²) < 4.78 is 59.6. The van der Waals surface area contributed by atoms with Crippen LogP contribution in [0.3, 0.4) is 0 Å². The molecule has 2 atom stereocenters. The van der Waals surface area contributed by atoms with Crippen molar-refractivity contribution in [2.45, 2.75) is 44.2 Å². The van der Waals surface area contributed by atoms with Gasteiger partial charge in [-0.3, -0.25) is 0 Å². The van der Waals surface area contributed by atoms with E-state index < -0.39 is 21.6 Å². The summed E-state index contributed by atoms with van der Waals surface area (Å²) in [6.07, 6.45) is 2.97. The Morgan fingerprint density at radius 1 is 1.20 bits per heavy atom. The third-order valence-corrected chi connectivity index (χ3v) is 3.95. The number of hydrogen-bond donors (Lipinski definition) is 1. The van der Waals surface area contributed by atoms with Crippen LogP contribution in [0.2, 0.25) is 0 Å². The first-order valence-corrected chi connectivity index (χ1v) is 6.31. The Morgan fingerprint density at radius 3 is 2.20 bits per heavy atom. The van der Waals surface area contributed by atoms with Crippen molar-refractivity contribution in [1.29, 1.82) is 0 Å². The summed E-state index contributed by atoms with van der Waals surface area (Å²) in [4.78, 5) is 0. The zero-order valence-electron chi connectivity index (χ0n) is 8.34. The lowest BCUT2D eigenvalue weighted by Crippen LogP contribution is -2.46. The molecule has 15 heavy (non-hydrogen) atoms. The molecular weight excluding hydrogens is 231 g/mol. The second-order valence-corrected chi connectivity index (χ2v) is 5.64. The second kappa shape index (κ2) is 4.29. The maximum Gasteiger partial charge on any atom is 0.511 e. The molecule has 1 fully saturated rings. The van der Waals surface area contributed by atoms with E-state index in [4.69, 9.17) is 0 Å². The van der Waals surface area contributed by atoms with Crippen LogP contribution in [0, 0.1) is 5.92 Å². The van der Waals surface area contributed by atoms with Gasteiger partial charge in [-0.2, -0.15) is 13.2 Å². The Labute approximate surface area is 87.1 Å². The lowest BCUT2D eigenvalue weighted by atomic mass is 9.87. The Kier molecular flexibility index (Phi) is 3.65. The van der Waals surface area contributed by atoms with Gasteiger partial charge in [-0.05, 0) is 18.8 Å². The van der Waals surface area contributed by atoms with Crippen LogP contribution in [0.5, 0.6) is 0 Å². The lowest BCUT2D eigenvalue weighted by Gasteiger charge is -2.29. The van der Waals surface area contributed by atoms with E-state index in [2.05, 4.69) is 0 Å². The van der Waals surface area contributed by atoms with Crippen molar-refractivity contribution in [3.8, 4) is 0 Å². The molecule has 1 aliphatic carbocycles.